The second-order valence-electron chi connectivity index (χ2n) is 9.24. The van der Waals surface area contributed by atoms with Crippen LogP contribution in [0.3, 0.4) is 0 Å². The Balaban J connectivity index is 1.62. The smallest absolute Gasteiger partial charge is 0.229 e. The van der Waals surface area contributed by atoms with E-state index >= 15 is 0 Å². The van der Waals surface area contributed by atoms with E-state index in [0.717, 1.165) is 55.7 Å². The number of pyridine rings is 1. The second kappa shape index (κ2) is 10.3. The number of likely N-dealkylation sites (tertiary alicyclic amines) is 1. The van der Waals surface area contributed by atoms with E-state index in [9.17, 15) is 18.0 Å². The molecule has 2 aliphatic rings. The summed E-state index contributed by atoms with van der Waals surface area (Å²) in [6.07, 6.45) is 2.56. The van der Waals surface area contributed by atoms with Crippen molar-refractivity contribution in [3.8, 4) is 5.75 Å². The summed E-state index contributed by atoms with van der Waals surface area (Å²) in [5.74, 6) is -1.36. The van der Waals surface area contributed by atoms with Crippen molar-refractivity contribution in [2.24, 2.45) is 0 Å². The van der Waals surface area contributed by atoms with E-state index in [1.165, 1.54) is 7.11 Å². The van der Waals surface area contributed by atoms with Crippen molar-refractivity contribution in [3.05, 3.63) is 52.7 Å². The number of halogens is 3. The van der Waals surface area contributed by atoms with Gasteiger partial charge in [0.2, 0.25) is 5.91 Å². The summed E-state index contributed by atoms with van der Waals surface area (Å²) in [6, 6.07) is 5.84. The summed E-state index contributed by atoms with van der Waals surface area (Å²) in [5.41, 5.74) is 1.91. The molecule has 0 aliphatic carbocycles. The molecule has 0 radical (unpaired) electrons. The average Bonchev–Trinajstić information content (AvgIpc) is 3.12. The zero-order valence-corrected chi connectivity index (χ0v) is 20.0. The molecule has 1 aromatic carbocycles. The fourth-order valence-electron chi connectivity index (χ4n) is 5.28. The van der Waals surface area contributed by atoms with Gasteiger partial charge in [0.15, 0.2) is 0 Å². The Morgan fingerprint density at radius 1 is 1.12 bits per heavy atom. The number of carbonyl (C=O) groups is 1. The molecule has 4 rings (SSSR count). The van der Waals surface area contributed by atoms with Gasteiger partial charge in [-0.3, -0.25) is 9.69 Å². The third-order valence-electron chi connectivity index (χ3n) is 7.26. The largest absolute Gasteiger partial charge is 0.497 e. The Kier molecular flexibility index (Phi) is 7.45. The molecule has 0 bridgehead atoms. The number of aromatic nitrogens is 1. The zero-order chi connectivity index (χ0) is 24.4. The Hall–Kier alpha value is -2.61. The summed E-state index contributed by atoms with van der Waals surface area (Å²) in [4.78, 5) is 21.7. The third kappa shape index (κ3) is 4.78. The van der Waals surface area contributed by atoms with E-state index in [4.69, 9.17) is 9.72 Å². The number of ether oxygens (including phenoxy) is 1. The molecule has 2 atom stereocenters. The van der Waals surface area contributed by atoms with Gasteiger partial charge < -0.3 is 9.64 Å². The lowest BCUT2D eigenvalue weighted by Gasteiger charge is -2.32. The van der Waals surface area contributed by atoms with Crippen LogP contribution in [0.1, 0.15) is 61.8 Å². The van der Waals surface area contributed by atoms with E-state index in [2.05, 4.69) is 11.0 Å². The molecule has 184 valence electrons. The predicted octanol–water partition coefficient (Wildman–Crippen LogP) is 4.99. The van der Waals surface area contributed by atoms with Crippen molar-refractivity contribution in [2.75, 3.05) is 38.3 Å². The van der Waals surface area contributed by atoms with Crippen LogP contribution >= 0.6 is 0 Å². The van der Waals surface area contributed by atoms with Crippen molar-refractivity contribution in [3.63, 3.8) is 0 Å². The van der Waals surface area contributed by atoms with Crippen LogP contribution in [0.25, 0.3) is 0 Å². The van der Waals surface area contributed by atoms with Crippen molar-refractivity contribution in [2.45, 2.75) is 57.4 Å². The monoisotopic (exact) mass is 475 g/mol. The van der Waals surface area contributed by atoms with Crippen molar-refractivity contribution < 1.29 is 22.7 Å². The molecular weight excluding hydrogens is 443 g/mol. The minimum Gasteiger partial charge on any atom is -0.497 e. The van der Waals surface area contributed by atoms with Gasteiger partial charge in [-0.05, 0) is 57.0 Å². The Morgan fingerprint density at radius 3 is 2.38 bits per heavy atom. The minimum absolute atomic E-state index is 0.0102. The number of hydrogen-bond donors (Lipinski definition) is 0. The van der Waals surface area contributed by atoms with Gasteiger partial charge in [0.25, 0.3) is 0 Å². The van der Waals surface area contributed by atoms with E-state index in [1.807, 2.05) is 19.9 Å². The first-order valence-electron chi connectivity index (χ1n) is 12.0. The zero-order valence-electron chi connectivity index (χ0n) is 20.0. The second-order valence-corrected chi connectivity index (χ2v) is 9.24. The Bertz CT molecular complexity index is 1020. The number of nitrogens with zero attached hydrogens (tertiary/aromatic N) is 3. The van der Waals surface area contributed by atoms with Gasteiger partial charge in [0.1, 0.15) is 29.9 Å². The van der Waals surface area contributed by atoms with Crippen LogP contribution in [0, 0.1) is 11.6 Å². The van der Waals surface area contributed by atoms with Crippen molar-refractivity contribution >= 4 is 11.7 Å². The molecule has 2 aliphatic heterocycles. The van der Waals surface area contributed by atoms with Crippen LogP contribution in [-0.2, 0) is 11.2 Å². The molecule has 2 unspecified atom stereocenters. The van der Waals surface area contributed by atoms with Crippen molar-refractivity contribution in [1.82, 2.24) is 9.88 Å². The molecule has 0 saturated carbocycles. The standard InChI is InChI=1S/C26H32F3N3O2/c1-4-17-11-23(18-5-8-31(9-6-18)10-7-27)30-24(12-17)32-16(2)20(15-25(32)33)26-21(28)13-19(34-3)14-22(26)29/h11-14,16,18,20H,4-10,15H2,1-3H3. The number of alkyl halides is 1. The molecule has 2 aromatic rings. The molecule has 0 N–H and O–H groups in total. The van der Waals surface area contributed by atoms with Gasteiger partial charge in [-0.15, -0.1) is 0 Å². The molecular formula is C26H32F3N3O2. The SMILES string of the molecule is CCc1cc(C2CCN(CCF)CC2)nc(N2C(=O)CC(c3c(F)cc(OC)cc3F)C2C)c1. The normalized spacial score (nSPS) is 21.9. The summed E-state index contributed by atoms with van der Waals surface area (Å²) < 4.78 is 47.3. The van der Waals surface area contributed by atoms with Crippen LogP contribution in [0.5, 0.6) is 5.75 Å². The fourth-order valence-corrected chi connectivity index (χ4v) is 5.28. The van der Waals surface area contributed by atoms with Gasteiger partial charge in [0.05, 0.1) is 7.11 Å². The number of rotatable bonds is 7. The van der Waals surface area contributed by atoms with Crippen LogP contribution < -0.4 is 9.64 Å². The third-order valence-corrected chi connectivity index (χ3v) is 7.26. The minimum atomic E-state index is -0.709. The highest BCUT2D eigenvalue weighted by Crippen LogP contribution is 2.40. The highest BCUT2D eigenvalue weighted by Gasteiger charge is 2.42. The maximum absolute atomic E-state index is 14.8. The average molecular weight is 476 g/mol. The lowest BCUT2D eigenvalue weighted by Crippen LogP contribution is -2.35. The molecule has 0 spiro atoms. The number of carbonyl (C=O) groups excluding carboxylic acids is 1. The molecule has 34 heavy (non-hydrogen) atoms. The highest BCUT2D eigenvalue weighted by atomic mass is 19.1. The highest BCUT2D eigenvalue weighted by molar-refractivity contribution is 5.96. The van der Waals surface area contributed by atoms with Gasteiger partial charge in [0, 0.05) is 54.2 Å². The maximum atomic E-state index is 14.8. The van der Waals surface area contributed by atoms with Crippen LogP contribution in [0.15, 0.2) is 24.3 Å². The van der Waals surface area contributed by atoms with Crippen LogP contribution in [0.4, 0.5) is 19.0 Å². The predicted molar refractivity (Wildman–Crippen MR) is 125 cm³/mol. The van der Waals surface area contributed by atoms with Gasteiger partial charge in [-0.1, -0.05) is 6.92 Å². The van der Waals surface area contributed by atoms with E-state index in [-0.39, 0.29) is 36.2 Å². The maximum Gasteiger partial charge on any atom is 0.229 e. The van der Waals surface area contributed by atoms with Gasteiger partial charge >= 0.3 is 0 Å². The number of aryl methyl sites for hydroxylation is 1. The van der Waals surface area contributed by atoms with Gasteiger partial charge in [-0.25, -0.2) is 18.2 Å². The lowest BCUT2D eigenvalue weighted by molar-refractivity contribution is -0.117. The van der Waals surface area contributed by atoms with E-state index in [1.54, 1.807) is 4.90 Å². The number of anilines is 1. The van der Waals surface area contributed by atoms with Gasteiger partial charge in [-0.2, -0.15) is 0 Å². The molecule has 1 amide bonds. The fraction of sp³-hybridized carbons (Fsp3) is 0.538. The summed E-state index contributed by atoms with van der Waals surface area (Å²) in [5, 5.41) is 0. The first kappa shape index (κ1) is 24.5. The molecule has 8 heteroatoms. The topological polar surface area (TPSA) is 45.7 Å². The Labute approximate surface area is 198 Å². The quantitative estimate of drug-likeness (QED) is 0.566. The number of benzene rings is 1. The molecule has 5 nitrogen and oxygen atoms in total. The van der Waals surface area contributed by atoms with Crippen LogP contribution in [-0.4, -0.2) is 55.3 Å². The van der Waals surface area contributed by atoms with Crippen molar-refractivity contribution in [1.29, 1.82) is 0 Å². The summed E-state index contributed by atoms with van der Waals surface area (Å²) in [7, 11) is 1.35. The number of piperidine rings is 1. The Morgan fingerprint density at radius 2 is 1.79 bits per heavy atom. The summed E-state index contributed by atoms with van der Waals surface area (Å²) in [6.45, 7) is 5.61. The number of hydrogen-bond acceptors (Lipinski definition) is 4. The number of methoxy groups -OCH3 is 1. The first-order chi connectivity index (χ1) is 16.4. The molecule has 3 heterocycles. The summed E-state index contributed by atoms with van der Waals surface area (Å²) >= 11 is 0. The molecule has 2 fully saturated rings. The first-order valence-corrected chi connectivity index (χ1v) is 12.0. The van der Waals surface area contributed by atoms with Crippen LogP contribution in [0.2, 0.25) is 0 Å². The number of amides is 1. The molecule has 2 saturated heterocycles. The van der Waals surface area contributed by atoms with E-state index < -0.39 is 23.6 Å². The lowest BCUT2D eigenvalue weighted by atomic mass is 9.91. The van der Waals surface area contributed by atoms with E-state index in [0.29, 0.717) is 12.4 Å². The molecule has 1 aromatic heterocycles.